The molecule has 31 heavy (non-hydrogen) atoms. The maximum atomic E-state index is 5.59. The third-order valence-electron chi connectivity index (χ3n) is 6.17. The molecule has 0 fully saturated rings. The minimum Gasteiger partial charge on any atom is -0.493 e. The topological polar surface area (TPSA) is 35.9 Å². The van der Waals surface area contributed by atoms with Gasteiger partial charge in [0.2, 0.25) is 5.75 Å². The highest BCUT2D eigenvalue weighted by Crippen LogP contribution is 2.40. The van der Waals surface area contributed by atoms with E-state index in [1.54, 1.807) is 21.3 Å². The lowest BCUT2D eigenvalue weighted by molar-refractivity contribution is 0.219. The monoisotopic (exact) mass is 420 g/mol. The number of aryl methyl sites for hydroxylation is 2. The van der Waals surface area contributed by atoms with Crippen molar-refractivity contribution < 1.29 is 14.2 Å². The molecule has 1 atom stereocenters. The summed E-state index contributed by atoms with van der Waals surface area (Å²) >= 11 is 0. The molecular formula is C26H32N2O3. The molecule has 0 bridgehead atoms. The molecule has 2 heterocycles. The summed E-state index contributed by atoms with van der Waals surface area (Å²) in [7, 11) is 4.97. The molecule has 3 aromatic rings. The Hall–Kier alpha value is -2.92. The van der Waals surface area contributed by atoms with Gasteiger partial charge in [-0.2, -0.15) is 0 Å². The molecule has 0 radical (unpaired) electrons. The van der Waals surface area contributed by atoms with Gasteiger partial charge in [0.1, 0.15) is 0 Å². The molecule has 4 rings (SSSR count). The smallest absolute Gasteiger partial charge is 0.203 e. The van der Waals surface area contributed by atoms with Crippen molar-refractivity contribution in [3.63, 3.8) is 0 Å². The van der Waals surface area contributed by atoms with E-state index in [1.165, 1.54) is 16.8 Å². The van der Waals surface area contributed by atoms with Crippen molar-refractivity contribution in [2.24, 2.45) is 0 Å². The lowest BCUT2D eigenvalue weighted by atomic mass is 9.99. The Kier molecular flexibility index (Phi) is 6.52. The lowest BCUT2D eigenvalue weighted by Crippen LogP contribution is -2.29. The zero-order chi connectivity index (χ0) is 21.8. The second-order valence-electron chi connectivity index (χ2n) is 7.98. The molecule has 164 valence electrons. The third kappa shape index (κ3) is 4.28. The van der Waals surface area contributed by atoms with Crippen LogP contribution in [0.15, 0.2) is 54.7 Å². The maximum absolute atomic E-state index is 5.59. The molecular weight excluding hydrogens is 388 g/mol. The molecule has 1 aliphatic rings. The number of benzene rings is 2. The van der Waals surface area contributed by atoms with Crippen molar-refractivity contribution in [2.75, 3.05) is 27.9 Å². The van der Waals surface area contributed by atoms with Crippen LogP contribution in [0.4, 0.5) is 0 Å². The number of nitrogens with zero attached hydrogens (tertiary/aromatic N) is 2. The van der Waals surface area contributed by atoms with Gasteiger partial charge in [-0.3, -0.25) is 4.90 Å². The average Bonchev–Trinajstić information content (AvgIpc) is 3.19. The van der Waals surface area contributed by atoms with Crippen LogP contribution in [0.3, 0.4) is 0 Å². The zero-order valence-corrected chi connectivity index (χ0v) is 18.9. The fraction of sp³-hybridized carbons (Fsp3) is 0.385. The number of fused-ring (bicyclic) bond motifs is 1. The van der Waals surface area contributed by atoms with Crippen molar-refractivity contribution in [1.82, 2.24) is 9.47 Å². The number of aromatic nitrogens is 1. The van der Waals surface area contributed by atoms with Crippen LogP contribution >= 0.6 is 0 Å². The largest absolute Gasteiger partial charge is 0.493 e. The van der Waals surface area contributed by atoms with Crippen molar-refractivity contribution in [2.45, 2.75) is 38.9 Å². The quantitative estimate of drug-likeness (QED) is 0.535. The summed E-state index contributed by atoms with van der Waals surface area (Å²) in [4.78, 5) is 2.56. The molecule has 0 aliphatic carbocycles. The molecule has 1 aliphatic heterocycles. The van der Waals surface area contributed by atoms with Crippen molar-refractivity contribution >= 4 is 0 Å². The van der Waals surface area contributed by atoms with Gasteiger partial charge in [0, 0.05) is 31.5 Å². The predicted molar refractivity (Wildman–Crippen MR) is 123 cm³/mol. The second-order valence-corrected chi connectivity index (χ2v) is 7.98. The van der Waals surface area contributed by atoms with E-state index < -0.39 is 0 Å². The minimum absolute atomic E-state index is 0.197. The SMILES string of the molecule is CCc1ccc(C2c3cccn3CCCN2Cc2cc(OC)c(OC)c(OC)c2)cc1. The van der Waals surface area contributed by atoms with Crippen LogP contribution in [0.25, 0.3) is 0 Å². The van der Waals surface area contributed by atoms with Gasteiger partial charge < -0.3 is 18.8 Å². The third-order valence-corrected chi connectivity index (χ3v) is 6.17. The Morgan fingerprint density at radius 1 is 0.871 bits per heavy atom. The highest BCUT2D eigenvalue weighted by atomic mass is 16.5. The molecule has 0 amide bonds. The highest BCUT2D eigenvalue weighted by Gasteiger charge is 2.28. The van der Waals surface area contributed by atoms with E-state index in [9.17, 15) is 0 Å². The Balaban J connectivity index is 1.73. The number of hydrogen-bond acceptors (Lipinski definition) is 4. The fourth-order valence-electron chi connectivity index (χ4n) is 4.59. The van der Waals surface area contributed by atoms with Crippen molar-refractivity contribution in [3.8, 4) is 17.2 Å². The minimum atomic E-state index is 0.197. The van der Waals surface area contributed by atoms with Crippen molar-refractivity contribution in [1.29, 1.82) is 0 Å². The van der Waals surface area contributed by atoms with Crippen LogP contribution < -0.4 is 14.2 Å². The van der Waals surface area contributed by atoms with Crippen LogP contribution in [0, 0.1) is 0 Å². The van der Waals surface area contributed by atoms with Gasteiger partial charge in [0.25, 0.3) is 0 Å². The highest BCUT2D eigenvalue weighted by molar-refractivity contribution is 5.54. The molecule has 0 saturated heterocycles. The van der Waals surface area contributed by atoms with Gasteiger partial charge in [0.15, 0.2) is 11.5 Å². The van der Waals surface area contributed by atoms with E-state index >= 15 is 0 Å². The standard InChI is InChI=1S/C26H32N2O3/c1-5-19-9-11-21(12-10-19)25-22-8-6-13-27(22)14-7-15-28(25)18-20-16-23(29-2)26(31-4)24(17-20)30-3/h6,8-13,16-17,25H,5,7,14-15,18H2,1-4H3. The first-order valence-corrected chi connectivity index (χ1v) is 10.9. The summed E-state index contributed by atoms with van der Waals surface area (Å²) in [5.74, 6) is 2.02. The van der Waals surface area contributed by atoms with E-state index in [-0.39, 0.29) is 6.04 Å². The van der Waals surface area contributed by atoms with Crippen LogP contribution in [0.1, 0.15) is 41.8 Å². The first kappa shape index (κ1) is 21.3. The van der Waals surface area contributed by atoms with Gasteiger partial charge >= 0.3 is 0 Å². The normalized spacial score (nSPS) is 16.5. The first-order chi connectivity index (χ1) is 15.2. The van der Waals surface area contributed by atoms with E-state index in [0.717, 1.165) is 38.0 Å². The number of hydrogen-bond donors (Lipinski definition) is 0. The van der Waals surface area contributed by atoms with Crippen LogP contribution in [0.5, 0.6) is 17.2 Å². The number of rotatable bonds is 7. The lowest BCUT2D eigenvalue weighted by Gasteiger charge is -2.31. The molecule has 1 unspecified atom stereocenters. The number of methoxy groups -OCH3 is 3. The van der Waals surface area contributed by atoms with Gasteiger partial charge in [-0.05, 0) is 53.8 Å². The fourth-order valence-corrected chi connectivity index (χ4v) is 4.59. The molecule has 1 aromatic heterocycles. The molecule has 2 aromatic carbocycles. The van der Waals surface area contributed by atoms with Crippen LogP contribution in [-0.2, 0) is 19.5 Å². The molecule has 0 saturated carbocycles. The average molecular weight is 421 g/mol. The predicted octanol–water partition coefficient (Wildman–Crippen LogP) is 5.07. The van der Waals surface area contributed by atoms with Crippen LogP contribution in [0.2, 0.25) is 0 Å². The summed E-state index contributed by atoms with van der Waals surface area (Å²) in [6.45, 7) is 5.04. The first-order valence-electron chi connectivity index (χ1n) is 10.9. The molecule has 5 heteroatoms. The van der Waals surface area contributed by atoms with E-state index in [4.69, 9.17) is 14.2 Å². The van der Waals surface area contributed by atoms with E-state index in [2.05, 4.69) is 71.1 Å². The number of ether oxygens (including phenoxy) is 3. The Bertz CT molecular complexity index is 985. The molecule has 0 N–H and O–H groups in total. The Morgan fingerprint density at radius 2 is 1.58 bits per heavy atom. The Morgan fingerprint density at radius 3 is 2.19 bits per heavy atom. The maximum Gasteiger partial charge on any atom is 0.203 e. The van der Waals surface area contributed by atoms with Gasteiger partial charge in [-0.1, -0.05) is 31.2 Å². The summed E-state index contributed by atoms with van der Waals surface area (Å²) in [5, 5.41) is 0. The van der Waals surface area contributed by atoms with Crippen molar-refractivity contribution in [3.05, 3.63) is 77.1 Å². The summed E-state index contributed by atoms with van der Waals surface area (Å²) in [6.07, 6.45) is 4.36. The van der Waals surface area contributed by atoms with Gasteiger partial charge in [-0.25, -0.2) is 0 Å². The Labute approximate surface area is 185 Å². The second kappa shape index (κ2) is 9.48. The van der Waals surface area contributed by atoms with E-state index in [1.807, 2.05) is 0 Å². The van der Waals surface area contributed by atoms with Gasteiger partial charge in [-0.15, -0.1) is 0 Å². The molecule has 5 nitrogen and oxygen atoms in total. The van der Waals surface area contributed by atoms with Crippen LogP contribution in [-0.4, -0.2) is 37.3 Å². The zero-order valence-electron chi connectivity index (χ0n) is 18.9. The van der Waals surface area contributed by atoms with Gasteiger partial charge in [0.05, 0.1) is 27.4 Å². The summed E-state index contributed by atoms with van der Waals surface area (Å²) in [6, 6.07) is 17.8. The van der Waals surface area contributed by atoms with E-state index in [0.29, 0.717) is 17.2 Å². The summed E-state index contributed by atoms with van der Waals surface area (Å²) in [5.41, 5.74) is 5.18. The summed E-state index contributed by atoms with van der Waals surface area (Å²) < 4.78 is 19.1. The molecule has 0 spiro atoms.